The van der Waals surface area contributed by atoms with E-state index in [4.69, 9.17) is 4.74 Å². The number of ether oxygens (including phenoxy) is 1. The molecule has 1 unspecified atom stereocenters. The number of methoxy groups -OCH3 is 1. The van der Waals surface area contributed by atoms with Crippen molar-refractivity contribution in [2.24, 2.45) is 5.92 Å². The number of hydrogen-bond donors (Lipinski definition) is 1. The van der Waals surface area contributed by atoms with Gasteiger partial charge >= 0.3 is 0 Å². The molecule has 0 bridgehead atoms. The van der Waals surface area contributed by atoms with Crippen LogP contribution >= 0.6 is 0 Å². The minimum absolute atomic E-state index is 0.481. The predicted molar refractivity (Wildman–Crippen MR) is 68.4 cm³/mol. The summed E-state index contributed by atoms with van der Waals surface area (Å²) >= 11 is 0. The first-order chi connectivity index (χ1) is 8.21. The molecule has 1 atom stereocenters. The highest BCUT2D eigenvalue weighted by Crippen LogP contribution is 2.34. The van der Waals surface area contributed by atoms with Crippen LogP contribution in [0.5, 0.6) is 5.88 Å². The standard InChI is InChI=1S/C13H21N3O/c1-4-11(8-10-5-6-10)15-13-14-9(2)7-12(16-13)17-3/h7,10-11H,4-6,8H2,1-3H3,(H,14,15,16). The molecule has 1 N–H and O–H groups in total. The normalized spacial score (nSPS) is 16.6. The topological polar surface area (TPSA) is 47.0 Å². The van der Waals surface area contributed by atoms with Crippen molar-refractivity contribution in [3.63, 3.8) is 0 Å². The van der Waals surface area contributed by atoms with E-state index in [0.29, 0.717) is 17.9 Å². The average molecular weight is 235 g/mol. The molecule has 1 aliphatic rings. The molecule has 4 heteroatoms. The van der Waals surface area contributed by atoms with Crippen molar-refractivity contribution in [2.45, 2.75) is 45.6 Å². The third kappa shape index (κ3) is 3.58. The summed E-state index contributed by atoms with van der Waals surface area (Å²) in [7, 11) is 1.63. The lowest BCUT2D eigenvalue weighted by molar-refractivity contribution is 0.396. The highest BCUT2D eigenvalue weighted by Gasteiger charge is 2.25. The summed E-state index contributed by atoms with van der Waals surface area (Å²) in [6.45, 7) is 4.16. The van der Waals surface area contributed by atoms with E-state index in [0.717, 1.165) is 18.0 Å². The lowest BCUT2D eigenvalue weighted by Crippen LogP contribution is -2.21. The van der Waals surface area contributed by atoms with Gasteiger partial charge in [0.05, 0.1) is 7.11 Å². The van der Waals surface area contributed by atoms with E-state index in [1.807, 2.05) is 13.0 Å². The molecular formula is C13H21N3O. The Hall–Kier alpha value is -1.32. The smallest absolute Gasteiger partial charge is 0.226 e. The van der Waals surface area contributed by atoms with Crippen molar-refractivity contribution >= 4 is 5.95 Å². The molecule has 1 aromatic heterocycles. The maximum Gasteiger partial charge on any atom is 0.226 e. The second-order valence-corrected chi connectivity index (χ2v) is 4.80. The summed E-state index contributed by atoms with van der Waals surface area (Å²) in [5.74, 6) is 2.23. The molecule has 17 heavy (non-hydrogen) atoms. The van der Waals surface area contributed by atoms with Gasteiger partial charge in [0.25, 0.3) is 0 Å². The van der Waals surface area contributed by atoms with E-state index in [1.54, 1.807) is 7.11 Å². The van der Waals surface area contributed by atoms with Gasteiger partial charge in [0.2, 0.25) is 11.8 Å². The lowest BCUT2D eigenvalue weighted by atomic mass is 10.1. The average Bonchev–Trinajstić information content (AvgIpc) is 3.11. The molecule has 94 valence electrons. The van der Waals surface area contributed by atoms with Gasteiger partial charge in [-0.3, -0.25) is 0 Å². The van der Waals surface area contributed by atoms with Crippen LogP contribution in [0.15, 0.2) is 6.07 Å². The number of rotatable bonds is 6. The first kappa shape index (κ1) is 12.1. The highest BCUT2D eigenvalue weighted by atomic mass is 16.5. The zero-order chi connectivity index (χ0) is 12.3. The van der Waals surface area contributed by atoms with Gasteiger partial charge in [-0.05, 0) is 25.7 Å². The quantitative estimate of drug-likeness (QED) is 0.823. The van der Waals surface area contributed by atoms with Gasteiger partial charge in [-0.1, -0.05) is 19.8 Å². The van der Waals surface area contributed by atoms with E-state index in [1.165, 1.54) is 19.3 Å². The molecule has 0 saturated heterocycles. The Morgan fingerprint density at radius 1 is 1.47 bits per heavy atom. The summed E-state index contributed by atoms with van der Waals surface area (Å²) in [5, 5.41) is 3.41. The Morgan fingerprint density at radius 3 is 2.82 bits per heavy atom. The number of nitrogens with one attached hydrogen (secondary N) is 1. The Kier molecular flexibility index (Phi) is 3.82. The van der Waals surface area contributed by atoms with E-state index in [2.05, 4.69) is 22.2 Å². The molecule has 1 saturated carbocycles. The predicted octanol–water partition coefficient (Wildman–Crippen LogP) is 2.78. The van der Waals surface area contributed by atoms with E-state index < -0.39 is 0 Å². The third-order valence-electron chi connectivity index (χ3n) is 3.18. The highest BCUT2D eigenvalue weighted by molar-refractivity contribution is 5.31. The first-order valence-corrected chi connectivity index (χ1v) is 6.37. The molecule has 0 aromatic carbocycles. The summed E-state index contributed by atoms with van der Waals surface area (Å²) in [6.07, 6.45) is 5.11. The van der Waals surface area contributed by atoms with Gasteiger partial charge in [-0.2, -0.15) is 4.98 Å². The van der Waals surface area contributed by atoms with Crippen LogP contribution in [0.3, 0.4) is 0 Å². The van der Waals surface area contributed by atoms with Crippen molar-refractivity contribution < 1.29 is 4.74 Å². The Bertz CT molecular complexity index is 377. The molecule has 0 radical (unpaired) electrons. The molecule has 1 aromatic rings. The minimum atomic E-state index is 0.481. The van der Waals surface area contributed by atoms with Gasteiger partial charge < -0.3 is 10.1 Å². The van der Waals surface area contributed by atoms with Gasteiger partial charge in [-0.25, -0.2) is 4.98 Å². The molecule has 1 heterocycles. The van der Waals surface area contributed by atoms with Crippen LogP contribution in [0.25, 0.3) is 0 Å². The number of hydrogen-bond acceptors (Lipinski definition) is 4. The maximum absolute atomic E-state index is 5.15. The Labute approximate surface area is 103 Å². The summed E-state index contributed by atoms with van der Waals surface area (Å²) in [4.78, 5) is 8.72. The molecular weight excluding hydrogens is 214 g/mol. The van der Waals surface area contributed by atoms with Crippen molar-refractivity contribution in [3.05, 3.63) is 11.8 Å². The van der Waals surface area contributed by atoms with Crippen molar-refractivity contribution in [1.82, 2.24) is 9.97 Å². The fourth-order valence-electron chi connectivity index (χ4n) is 1.97. The van der Waals surface area contributed by atoms with E-state index in [-0.39, 0.29) is 0 Å². The van der Waals surface area contributed by atoms with Gasteiger partial charge in [0.1, 0.15) is 0 Å². The van der Waals surface area contributed by atoms with Crippen LogP contribution < -0.4 is 10.1 Å². The van der Waals surface area contributed by atoms with E-state index >= 15 is 0 Å². The van der Waals surface area contributed by atoms with Gasteiger partial charge in [0.15, 0.2) is 0 Å². The summed E-state index contributed by atoms with van der Waals surface area (Å²) in [6, 6.07) is 2.32. The van der Waals surface area contributed by atoms with Crippen LogP contribution in [-0.2, 0) is 0 Å². The van der Waals surface area contributed by atoms with Crippen LogP contribution in [0.2, 0.25) is 0 Å². The first-order valence-electron chi connectivity index (χ1n) is 6.37. The van der Waals surface area contributed by atoms with Gasteiger partial charge in [0, 0.05) is 17.8 Å². The van der Waals surface area contributed by atoms with Crippen molar-refractivity contribution in [3.8, 4) is 5.88 Å². The fourth-order valence-corrected chi connectivity index (χ4v) is 1.97. The molecule has 0 aliphatic heterocycles. The second kappa shape index (κ2) is 5.34. The van der Waals surface area contributed by atoms with Crippen LogP contribution in [0.4, 0.5) is 5.95 Å². The molecule has 1 fully saturated rings. The Morgan fingerprint density at radius 2 is 2.24 bits per heavy atom. The van der Waals surface area contributed by atoms with Crippen LogP contribution in [0.1, 0.15) is 38.3 Å². The number of aryl methyl sites for hydroxylation is 1. The van der Waals surface area contributed by atoms with Crippen LogP contribution in [-0.4, -0.2) is 23.1 Å². The van der Waals surface area contributed by atoms with Crippen molar-refractivity contribution in [2.75, 3.05) is 12.4 Å². The SMILES string of the molecule is CCC(CC1CC1)Nc1nc(C)cc(OC)n1. The maximum atomic E-state index is 5.15. The number of anilines is 1. The molecule has 4 nitrogen and oxygen atoms in total. The molecule has 0 amide bonds. The monoisotopic (exact) mass is 235 g/mol. The summed E-state index contributed by atoms with van der Waals surface area (Å²) < 4.78 is 5.15. The molecule has 1 aliphatic carbocycles. The van der Waals surface area contributed by atoms with Crippen molar-refractivity contribution in [1.29, 1.82) is 0 Å². The minimum Gasteiger partial charge on any atom is -0.481 e. The molecule has 0 spiro atoms. The molecule has 2 rings (SSSR count). The van der Waals surface area contributed by atoms with Gasteiger partial charge in [-0.15, -0.1) is 0 Å². The fraction of sp³-hybridized carbons (Fsp3) is 0.692. The second-order valence-electron chi connectivity index (χ2n) is 4.80. The zero-order valence-corrected chi connectivity index (χ0v) is 10.9. The summed E-state index contributed by atoms with van der Waals surface area (Å²) in [5.41, 5.74) is 0.931. The van der Waals surface area contributed by atoms with E-state index in [9.17, 15) is 0 Å². The largest absolute Gasteiger partial charge is 0.481 e. The van der Waals surface area contributed by atoms with Crippen LogP contribution in [0, 0.1) is 12.8 Å². The number of aromatic nitrogens is 2. The zero-order valence-electron chi connectivity index (χ0n) is 10.9. The third-order valence-corrected chi connectivity index (χ3v) is 3.18. The lowest BCUT2D eigenvalue weighted by Gasteiger charge is -2.17. The Balaban J connectivity index is 2.01. The number of nitrogens with zero attached hydrogens (tertiary/aromatic N) is 2.